The quantitative estimate of drug-likeness (QED) is 0.826. The lowest BCUT2D eigenvalue weighted by Crippen LogP contribution is -2.46. The Labute approximate surface area is 103 Å². The van der Waals surface area contributed by atoms with E-state index in [1.54, 1.807) is 0 Å². The number of rotatable bonds is 3. The van der Waals surface area contributed by atoms with Crippen molar-refractivity contribution in [1.29, 1.82) is 0 Å². The third kappa shape index (κ3) is 2.86. The maximum Gasteiger partial charge on any atom is 0.0628 e. The third-order valence-electron chi connectivity index (χ3n) is 3.68. The highest BCUT2D eigenvalue weighted by Crippen LogP contribution is 2.22. The molecule has 0 aliphatic carbocycles. The molecule has 94 valence electrons. The minimum absolute atomic E-state index is 0.149. The first-order chi connectivity index (χ1) is 8.22. The molecular formula is C14H22N2O. The van der Waals surface area contributed by atoms with E-state index < -0.39 is 0 Å². The molecule has 1 aliphatic heterocycles. The van der Waals surface area contributed by atoms with E-state index in [-0.39, 0.29) is 12.6 Å². The molecule has 1 heterocycles. The number of aliphatic hydroxyl groups excluding tert-OH is 1. The zero-order valence-electron chi connectivity index (χ0n) is 10.7. The van der Waals surface area contributed by atoms with Crippen LogP contribution < -0.4 is 5.32 Å². The Hall–Kier alpha value is -0.900. The number of hydrogen-bond acceptors (Lipinski definition) is 3. The molecule has 0 saturated carbocycles. The lowest BCUT2D eigenvalue weighted by molar-refractivity contribution is 0.111. The van der Waals surface area contributed by atoms with Gasteiger partial charge in [0.1, 0.15) is 0 Å². The van der Waals surface area contributed by atoms with Gasteiger partial charge in [-0.25, -0.2) is 0 Å². The highest BCUT2D eigenvalue weighted by atomic mass is 16.3. The summed E-state index contributed by atoms with van der Waals surface area (Å²) in [7, 11) is 0. The van der Waals surface area contributed by atoms with Crippen molar-refractivity contribution < 1.29 is 5.11 Å². The molecule has 1 saturated heterocycles. The molecule has 0 aromatic heterocycles. The van der Waals surface area contributed by atoms with Crippen LogP contribution in [0.5, 0.6) is 0 Å². The van der Waals surface area contributed by atoms with Gasteiger partial charge in [-0.15, -0.1) is 0 Å². The number of aryl methyl sites for hydroxylation is 2. The predicted octanol–water partition coefficient (Wildman–Crippen LogP) is 1.24. The van der Waals surface area contributed by atoms with Gasteiger partial charge in [-0.3, -0.25) is 4.90 Å². The molecule has 1 aromatic carbocycles. The van der Waals surface area contributed by atoms with Crippen LogP contribution in [0, 0.1) is 13.8 Å². The fraction of sp³-hybridized carbons (Fsp3) is 0.571. The largest absolute Gasteiger partial charge is 0.394 e. The molecule has 0 amide bonds. The van der Waals surface area contributed by atoms with E-state index in [0.29, 0.717) is 0 Å². The van der Waals surface area contributed by atoms with Crippen LogP contribution in [-0.4, -0.2) is 42.8 Å². The SMILES string of the molecule is Cc1ccc([C@H](CO)N2CCNCC2)cc1C. The number of aliphatic hydroxyl groups is 1. The van der Waals surface area contributed by atoms with Crippen molar-refractivity contribution in [1.82, 2.24) is 10.2 Å². The fourth-order valence-electron chi connectivity index (χ4n) is 2.40. The molecule has 2 N–H and O–H groups in total. The molecule has 1 aliphatic rings. The van der Waals surface area contributed by atoms with Crippen molar-refractivity contribution in [2.45, 2.75) is 19.9 Å². The minimum Gasteiger partial charge on any atom is -0.394 e. The van der Waals surface area contributed by atoms with Crippen LogP contribution in [0.3, 0.4) is 0 Å². The fourth-order valence-corrected chi connectivity index (χ4v) is 2.40. The summed E-state index contributed by atoms with van der Waals surface area (Å²) in [5.74, 6) is 0. The average molecular weight is 234 g/mol. The maximum atomic E-state index is 9.63. The minimum atomic E-state index is 0.149. The normalized spacial score (nSPS) is 19.2. The van der Waals surface area contributed by atoms with Crippen molar-refractivity contribution >= 4 is 0 Å². The van der Waals surface area contributed by atoms with Crippen molar-refractivity contribution in [3.8, 4) is 0 Å². The lowest BCUT2D eigenvalue weighted by atomic mass is 10.00. The average Bonchev–Trinajstić information content (AvgIpc) is 2.36. The first-order valence-electron chi connectivity index (χ1n) is 6.35. The summed E-state index contributed by atoms with van der Waals surface area (Å²) in [6, 6.07) is 6.65. The Kier molecular flexibility index (Phi) is 4.15. The van der Waals surface area contributed by atoms with E-state index in [0.717, 1.165) is 26.2 Å². The van der Waals surface area contributed by atoms with Crippen molar-refractivity contribution in [2.75, 3.05) is 32.8 Å². The summed E-state index contributed by atoms with van der Waals surface area (Å²) in [5.41, 5.74) is 3.85. The van der Waals surface area contributed by atoms with Crippen molar-refractivity contribution in [3.63, 3.8) is 0 Å². The number of nitrogens with one attached hydrogen (secondary N) is 1. The summed E-state index contributed by atoms with van der Waals surface area (Å²) in [6.45, 7) is 8.50. The molecule has 1 aromatic rings. The Morgan fingerprint density at radius 2 is 1.94 bits per heavy atom. The molecule has 17 heavy (non-hydrogen) atoms. The van der Waals surface area contributed by atoms with Gasteiger partial charge >= 0.3 is 0 Å². The molecule has 1 atom stereocenters. The van der Waals surface area contributed by atoms with Crippen LogP contribution in [0.2, 0.25) is 0 Å². The van der Waals surface area contributed by atoms with Gasteiger partial charge in [0.2, 0.25) is 0 Å². The molecule has 2 rings (SSSR count). The number of piperazine rings is 1. The monoisotopic (exact) mass is 234 g/mol. The van der Waals surface area contributed by atoms with E-state index in [1.165, 1.54) is 16.7 Å². The van der Waals surface area contributed by atoms with Gasteiger partial charge in [-0.1, -0.05) is 18.2 Å². The van der Waals surface area contributed by atoms with E-state index in [2.05, 4.69) is 42.3 Å². The van der Waals surface area contributed by atoms with Crippen molar-refractivity contribution in [3.05, 3.63) is 34.9 Å². The zero-order valence-corrected chi connectivity index (χ0v) is 10.7. The standard InChI is InChI=1S/C14H22N2O/c1-11-3-4-13(9-12(11)2)14(10-17)16-7-5-15-6-8-16/h3-4,9,14-15,17H,5-8,10H2,1-2H3/t14-/m0/s1. The van der Waals surface area contributed by atoms with E-state index in [9.17, 15) is 5.11 Å². The summed E-state index contributed by atoms with van der Waals surface area (Å²) >= 11 is 0. The molecule has 1 fully saturated rings. The highest BCUT2D eigenvalue weighted by molar-refractivity contribution is 5.31. The summed E-state index contributed by atoms with van der Waals surface area (Å²) in [5, 5.41) is 13.0. The van der Waals surface area contributed by atoms with Gasteiger partial charge in [-0.2, -0.15) is 0 Å². The Morgan fingerprint density at radius 3 is 2.53 bits per heavy atom. The van der Waals surface area contributed by atoms with Crippen LogP contribution in [0.4, 0.5) is 0 Å². The van der Waals surface area contributed by atoms with Gasteiger partial charge in [0.15, 0.2) is 0 Å². The van der Waals surface area contributed by atoms with Gasteiger partial charge < -0.3 is 10.4 Å². The molecule has 3 nitrogen and oxygen atoms in total. The summed E-state index contributed by atoms with van der Waals surface area (Å²) < 4.78 is 0. The predicted molar refractivity (Wildman–Crippen MR) is 70.2 cm³/mol. The van der Waals surface area contributed by atoms with Gasteiger partial charge in [-0.05, 0) is 30.5 Å². The summed E-state index contributed by atoms with van der Waals surface area (Å²) in [4.78, 5) is 2.36. The number of nitrogens with zero attached hydrogens (tertiary/aromatic N) is 1. The van der Waals surface area contributed by atoms with Gasteiger partial charge in [0, 0.05) is 26.2 Å². The van der Waals surface area contributed by atoms with E-state index in [4.69, 9.17) is 0 Å². The molecule has 0 spiro atoms. The second-order valence-electron chi connectivity index (χ2n) is 4.83. The van der Waals surface area contributed by atoms with E-state index >= 15 is 0 Å². The van der Waals surface area contributed by atoms with Crippen molar-refractivity contribution in [2.24, 2.45) is 0 Å². The molecular weight excluding hydrogens is 212 g/mol. The Morgan fingerprint density at radius 1 is 1.24 bits per heavy atom. The van der Waals surface area contributed by atoms with Gasteiger partial charge in [0.25, 0.3) is 0 Å². The van der Waals surface area contributed by atoms with Crippen LogP contribution in [-0.2, 0) is 0 Å². The van der Waals surface area contributed by atoms with Gasteiger partial charge in [0.05, 0.1) is 12.6 Å². The zero-order chi connectivity index (χ0) is 12.3. The smallest absolute Gasteiger partial charge is 0.0628 e. The van der Waals surface area contributed by atoms with Crippen LogP contribution >= 0.6 is 0 Å². The first kappa shape index (κ1) is 12.6. The van der Waals surface area contributed by atoms with E-state index in [1.807, 2.05) is 0 Å². The van der Waals surface area contributed by atoms with Crippen LogP contribution in [0.15, 0.2) is 18.2 Å². The Balaban J connectivity index is 2.18. The second-order valence-corrected chi connectivity index (χ2v) is 4.83. The molecule has 0 bridgehead atoms. The number of benzene rings is 1. The topological polar surface area (TPSA) is 35.5 Å². The third-order valence-corrected chi connectivity index (χ3v) is 3.68. The highest BCUT2D eigenvalue weighted by Gasteiger charge is 2.21. The molecule has 3 heteroatoms. The molecule has 0 unspecified atom stereocenters. The maximum absolute atomic E-state index is 9.63. The Bertz CT molecular complexity index is 372. The first-order valence-corrected chi connectivity index (χ1v) is 6.35. The lowest BCUT2D eigenvalue weighted by Gasteiger charge is -2.34. The number of hydrogen-bond donors (Lipinski definition) is 2. The summed E-state index contributed by atoms with van der Waals surface area (Å²) in [6.07, 6.45) is 0. The van der Waals surface area contributed by atoms with Crippen LogP contribution in [0.25, 0.3) is 0 Å². The molecule has 0 radical (unpaired) electrons. The van der Waals surface area contributed by atoms with Crippen LogP contribution in [0.1, 0.15) is 22.7 Å². The second kappa shape index (κ2) is 5.63.